The zero-order valence-corrected chi connectivity index (χ0v) is 6.23. The minimum atomic E-state index is 1.35. The van der Waals surface area contributed by atoms with E-state index in [1.165, 1.54) is 16.4 Å². The maximum absolute atomic E-state index is 2.19. The molecule has 0 radical (unpaired) electrons. The van der Waals surface area contributed by atoms with Gasteiger partial charge < -0.3 is 0 Å². The smallest absolute Gasteiger partial charge is 0.0901 e. The number of rotatable bonds is 0. The van der Waals surface area contributed by atoms with Crippen LogP contribution in [-0.4, -0.2) is 23.5 Å². The molecule has 0 saturated heterocycles. The first-order valence-corrected chi connectivity index (χ1v) is 3.23. The Kier molecular flexibility index (Phi) is 1.70. The normalized spacial score (nSPS) is 9.33. The molecular formula is C6H9B3. The Labute approximate surface area is 58.9 Å². The van der Waals surface area contributed by atoms with Gasteiger partial charge in [0.1, 0.15) is 23.5 Å². The second-order valence-corrected chi connectivity index (χ2v) is 2.67. The van der Waals surface area contributed by atoms with Gasteiger partial charge in [-0.3, -0.25) is 0 Å². The van der Waals surface area contributed by atoms with E-state index in [9.17, 15) is 0 Å². The summed E-state index contributed by atoms with van der Waals surface area (Å²) in [6.07, 6.45) is 0. The third-order valence-corrected chi connectivity index (χ3v) is 1.37. The Hall–Kier alpha value is -0.585. The van der Waals surface area contributed by atoms with Crippen molar-refractivity contribution in [3.63, 3.8) is 0 Å². The molecule has 0 atom stereocenters. The van der Waals surface area contributed by atoms with Crippen LogP contribution in [0.3, 0.4) is 0 Å². The van der Waals surface area contributed by atoms with Gasteiger partial charge in [0.05, 0.1) is 0 Å². The lowest BCUT2D eigenvalue weighted by atomic mass is 9.81. The van der Waals surface area contributed by atoms with Gasteiger partial charge in [0.2, 0.25) is 0 Å². The fourth-order valence-corrected chi connectivity index (χ4v) is 1.20. The average molecular weight is 114 g/mol. The maximum atomic E-state index is 2.19. The fourth-order valence-electron chi connectivity index (χ4n) is 1.20. The molecule has 42 valence electrons. The van der Waals surface area contributed by atoms with Gasteiger partial charge in [0.25, 0.3) is 0 Å². The van der Waals surface area contributed by atoms with Gasteiger partial charge in [-0.25, -0.2) is 0 Å². The van der Waals surface area contributed by atoms with E-state index in [2.05, 4.69) is 41.7 Å². The highest BCUT2D eigenvalue weighted by Crippen LogP contribution is 1.69. The Morgan fingerprint density at radius 1 is 0.667 bits per heavy atom. The lowest BCUT2D eigenvalue weighted by Crippen LogP contribution is -2.21. The van der Waals surface area contributed by atoms with Crippen molar-refractivity contribution in [2.45, 2.75) is 0 Å². The van der Waals surface area contributed by atoms with Gasteiger partial charge in [-0.15, -0.1) is 0 Å². The number of benzene rings is 1. The van der Waals surface area contributed by atoms with Crippen molar-refractivity contribution in [1.82, 2.24) is 0 Å². The van der Waals surface area contributed by atoms with Crippen LogP contribution in [0.1, 0.15) is 0 Å². The van der Waals surface area contributed by atoms with Gasteiger partial charge in [0.15, 0.2) is 0 Å². The van der Waals surface area contributed by atoms with E-state index in [4.69, 9.17) is 0 Å². The van der Waals surface area contributed by atoms with Crippen LogP contribution in [0.2, 0.25) is 0 Å². The Morgan fingerprint density at radius 2 is 0.889 bits per heavy atom. The van der Waals surface area contributed by atoms with E-state index in [0.29, 0.717) is 0 Å². The predicted octanol–water partition coefficient (Wildman–Crippen LogP) is -3.54. The summed E-state index contributed by atoms with van der Waals surface area (Å²) in [5.74, 6) is 0. The molecule has 1 aromatic rings. The molecule has 0 spiro atoms. The summed E-state index contributed by atoms with van der Waals surface area (Å²) in [6.45, 7) is 0. The third kappa shape index (κ3) is 1.67. The third-order valence-electron chi connectivity index (χ3n) is 1.37. The van der Waals surface area contributed by atoms with Crippen molar-refractivity contribution in [3.8, 4) is 0 Å². The first kappa shape index (κ1) is 6.53. The van der Waals surface area contributed by atoms with Crippen molar-refractivity contribution in [2.75, 3.05) is 0 Å². The van der Waals surface area contributed by atoms with Gasteiger partial charge in [-0.1, -0.05) is 34.6 Å². The summed E-state index contributed by atoms with van der Waals surface area (Å²) in [4.78, 5) is 0. The molecule has 0 heterocycles. The maximum Gasteiger partial charge on any atom is 0.139 e. The van der Waals surface area contributed by atoms with Crippen LogP contribution in [0.25, 0.3) is 0 Å². The van der Waals surface area contributed by atoms with Gasteiger partial charge in [-0.2, -0.15) is 0 Å². The van der Waals surface area contributed by atoms with E-state index >= 15 is 0 Å². The topological polar surface area (TPSA) is 0 Å². The molecule has 0 aliphatic carbocycles. The summed E-state index contributed by atoms with van der Waals surface area (Å²) in [6, 6.07) is 6.56. The zero-order chi connectivity index (χ0) is 6.85. The summed E-state index contributed by atoms with van der Waals surface area (Å²) in [7, 11) is 6.38. The van der Waals surface area contributed by atoms with E-state index < -0.39 is 0 Å². The number of hydrogen-bond donors (Lipinski definition) is 0. The quantitative estimate of drug-likeness (QED) is 0.306. The average Bonchev–Trinajstić information content (AvgIpc) is 1.59. The highest BCUT2D eigenvalue weighted by molar-refractivity contribution is 6.42. The molecule has 0 nitrogen and oxygen atoms in total. The SMILES string of the molecule is Bc1cc(B)cc(B)c1. The highest BCUT2D eigenvalue weighted by Gasteiger charge is 1.87. The molecule has 1 rings (SSSR count). The molecule has 0 N–H and O–H groups in total. The van der Waals surface area contributed by atoms with Crippen LogP contribution in [0, 0.1) is 0 Å². The molecular weight excluding hydrogens is 105 g/mol. The molecule has 0 aliphatic heterocycles. The van der Waals surface area contributed by atoms with Crippen LogP contribution in [0.4, 0.5) is 0 Å². The molecule has 3 heteroatoms. The lowest BCUT2D eigenvalue weighted by Gasteiger charge is -1.97. The predicted molar refractivity (Wildman–Crippen MR) is 51.0 cm³/mol. The van der Waals surface area contributed by atoms with Crippen molar-refractivity contribution in [2.24, 2.45) is 0 Å². The first-order chi connectivity index (χ1) is 4.18. The van der Waals surface area contributed by atoms with Crippen molar-refractivity contribution >= 4 is 39.9 Å². The van der Waals surface area contributed by atoms with Crippen LogP contribution >= 0.6 is 0 Å². The largest absolute Gasteiger partial charge is 0.139 e. The first-order valence-electron chi connectivity index (χ1n) is 3.23. The summed E-state index contributed by atoms with van der Waals surface area (Å²) < 4.78 is 0. The molecule has 9 heavy (non-hydrogen) atoms. The minimum Gasteiger partial charge on any atom is -0.0901 e. The molecule has 0 unspecified atom stereocenters. The zero-order valence-electron chi connectivity index (χ0n) is 6.23. The van der Waals surface area contributed by atoms with Gasteiger partial charge in [0, 0.05) is 0 Å². The number of hydrogen-bond acceptors (Lipinski definition) is 0. The van der Waals surface area contributed by atoms with Gasteiger partial charge >= 0.3 is 0 Å². The molecule has 0 bridgehead atoms. The van der Waals surface area contributed by atoms with E-state index in [-0.39, 0.29) is 0 Å². The summed E-state index contributed by atoms with van der Waals surface area (Å²) in [5.41, 5.74) is 4.06. The Balaban J connectivity index is 3.17. The van der Waals surface area contributed by atoms with Crippen molar-refractivity contribution in [3.05, 3.63) is 18.2 Å². The summed E-state index contributed by atoms with van der Waals surface area (Å²) >= 11 is 0. The second-order valence-electron chi connectivity index (χ2n) is 2.67. The molecule has 0 aliphatic rings. The Bertz CT molecular complexity index is 169. The van der Waals surface area contributed by atoms with Gasteiger partial charge in [-0.05, 0) is 0 Å². The van der Waals surface area contributed by atoms with Crippen LogP contribution in [0.15, 0.2) is 18.2 Å². The summed E-state index contributed by atoms with van der Waals surface area (Å²) in [5, 5.41) is 0. The van der Waals surface area contributed by atoms with Crippen molar-refractivity contribution < 1.29 is 0 Å². The molecule has 0 fully saturated rings. The highest BCUT2D eigenvalue weighted by atomic mass is 13.8. The van der Waals surface area contributed by atoms with Crippen LogP contribution in [-0.2, 0) is 0 Å². The molecule has 0 aromatic heterocycles. The van der Waals surface area contributed by atoms with E-state index in [0.717, 1.165) is 0 Å². The standard InChI is InChI=1S/C6H9B3/c7-4-1-5(8)3-6(9)2-4/h1-3H,7-9H2. The van der Waals surface area contributed by atoms with Crippen LogP contribution in [0.5, 0.6) is 0 Å². The minimum absolute atomic E-state index is 1.35. The molecule has 0 amide bonds. The lowest BCUT2D eigenvalue weighted by molar-refractivity contribution is 1.92. The monoisotopic (exact) mass is 114 g/mol. The Morgan fingerprint density at radius 3 is 1.11 bits per heavy atom. The fraction of sp³-hybridized carbons (Fsp3) is 0. The van der Waals surface area contributed by atoms with E-state index in [1.54, 1.807) is 0 Å². The second kappa shape index (κ2) is 2.34. The molecule has 1 aromatic carbocycles. The van der Waals surface area contributed by atoms with Crippen molar-refractivity contribution in [1.29, 1.82) is 0 Å². The van der Waals surface area contributed by atoms with Crippen LogP contribution < -0.4 is 16.4 Å². The molecule has 0 saturated carbocycles. The van der Waals surface area contributed by atoms with E-state index in [1.807, 2.05) is 0 Å².